The topological polar surface area (TPSA) is 9.86 Å². The normalized spacial score (nSPS) is 11.9. The Labute approximate surface area is 333 Å². The summed E-state index contributed by atoms with van der Waals surface area (Å²) >= 11 is 1.90. The van der Waals surface area contributed by atoms with E-state index in [1.54, 1.807) is 0 Å². The number of aromatic nitrogens is 2. The van der Waals surface area contributed by atoms with Crippen molar-refractivity contribution in [3.63, 3.8) is 0 Å². The summed E-state index contributed by atoms with van der Waals surface area (Å²) < 4.78 is 7.52. The van der Waals surface area contributed by atoms with Crippen LogP contribution in [-0.4, -0.2) is 9.13 Å². The van der Waals surface area contributed by atoms with E-state index in [1.807, 2.05) is 11.3 Å². The summed E-state index contributed by atoms with van der Waals surface area (Å²) in [6.07, 6.45) is 0. The van der Waals surface area contributed by atoms with Crippen molar-refractivity contribution < 1.29 is 0 Å². The third kappa shape index (κ3) is 5.03. The maximum atomic E-state index is 2.43. The van der Waals surface area contributed by atoms with Gasteiger partial charge >= 0.3 is 0 Å². The van der Waals surface area contributed by atoms with Gasteiger partial charge in [0.1, 0.15) is 0 Å². The molecule has 3 heterocycles. The molecule has 0 bridgehead atoms. The standard InChI is InChI=1S/C54H34N2S/c1-2-11-35(12-3-1)38-13-10-14-39(33-38)40-25-31-50-47(34-40)43-15-4-7-18-48(43)55(50)41-26-21-36(22-27-41)37-23-28-42(29-24-37)56-49-19-8-5-17-46(49)53-51(56)32-30-45-44-16-6-9-20-52(44)57-54(45)53/h1-34H. The summed E-state index contributed by atoms with van der Waals surface area (Å²) in [6.45, 7) is 0. The highest BCUT2D eigenvalue weighted by molar-refractivity contribution is 7.26. The summed E-state index contributed by atoms with van der Waals surface area (Å²) in [5.41, 5.74) is 14.5. The van der Waals surface area contributed by atoms with Crippen molar-refractivity contribution >= 4 is 75.1 Å². The number of para-hydroxylation sites is 2. The fourth-order valence-electron chi connectivity index (χ4n) is 9.06. The van der Waals surface area contributed by atoms with Crippen molar-refractivity contribution in [2.45, 2.75) is 0 Å². The van der Waals surface area contributed by atoms with E-state index in [2.05, 4.69) is 215 Å². The van der Waals surface area contributed by atoms with Crippen LogP contribution in [0.1, 0.15) is 0 Å². The van der Waals surface area contributed by atoms with Crippen LogP contribution in [0.5, 0.6) is 0 Å². The van der Waals surface area contributed by atoms with Gasteiger partial charge in [0.25, 0.3) is 0 Å². The first-order chi connectivity index (χ1) is 28.3. The van der Waals surface area contributed by atoms with Crippen molar-refractivity contribution in [1.82, 2.24) is 9.13 Å². The fraction of sp³-hybridized carbons (Fsp3) is 0. The molecule has 0 unspecified atom stereocenters. The molecule has 9 aromatic carbocycles. The molecule has 0 saturated carbocycles. The van der Waals surface area contributed by atoms with E-state index in [1.165, 1.54) is 103 Å². The summed E-state index contributed by atoms with van der Waals surface area (Å²) in [5.74, 6) is 0. The monoisotopic (exact) mass is 742 g/mol. The molecule has 3 aromatic heterocycles. The van der Waals surface area contributed by atoms with Gasteiger partial charge in [0, 0.05) is 53.1 Å². The van der Waals surface area contributed by atoms with Crippen LogP contribution in [-0.2, 0) is 0 Å². The van der Waals surface area contributed by atoms with Crippen molar-refractivity contribution in [1.29, 1.82) is 0 Å². The quantitative estimate of drug-likeness (QED) is 0.166. The SMILES string of the molecule is c1ccc(-c2cccc(-c3ccc4c(c3)c3ccccc3n4-c3ccc(-c4ccc(-n5c6ccccc6c6c7sc8ccccc8c7ccc65)cc4)cc3)c2)cc1. The molecule has 3 heteroatoms. The van der Waals surface area contributed by atoms with E-state index in [0.29, 0.717) is 0 Å². The first-order valence-corrected chi connectivity index (χ1v) is 20.3. The zero-order valence-corrected chi connectivity index (χ0v) is 31.7. The van der Waals surface area contributed by atoms with Gasteiger partial charge in [-0.3, -0.25) is 0 Å². The molecule has 0 aliphatic heterocycles. The number of benzene rings is 9. The molecule has 266 valence electrons. The van der Waals surface area contributed by atoms with Crippen molar-refractivity contribution in [2.24, 2.45) is 0 Å². The molecule has 0 atom stereocenters. The lowest BCUT2D eigenvalue weighted by Crippen LogP contribution is -1.94. The lowest BCUT2D eigenvalue weighted by molar-refractivity contribution is 1.18. The highest BCUT2D eigenvalue weighted by Crippen LogP contribution is 2.43. The molecule has 0 spiro atoms. The first kappa shape index (κ1) is 32.1. The average molecular weight is 743 g/mol. The number of hydrogen-bond donors (Lipinski definition) is 0. The smallest absolute Gasteiger partial charge is 0.0555 e. The maximum absolute atomic E-state index is 2.43. The van der Waals surface area contributed by atoms with Gasteiger partial charge in [-0.1, -0.05) is 140 Å². The first-order valence-electron chi connectivity index (χ1n) is 19.5. The molecule has 0 saturated heterocycles. The number of nitrogens with zero attached hydrogens (tertiary/aromatic N) is 2. The Hall–Kier alpha value is -7.20. The van der Waals surface area contributed by atoms with Crippen LogP contribution in [0.3, 0.4) is 0 Å². The van der Waals surface area contributed by atoms with Crippen LogP contribution in [0.15, 0.2) is 206 Å². The van der Waals surface area contributed by atoms with Gasteiger partial charge in [-0.2, -0.15) is 0 Å². The summed E-state index contributed by atoms with van der Waals surface area (Å²) in [4.78, 5) is 0. The maximum Gasteiger partial charge on any atom is 0.0555 e. The predicted octanol–water partition coefficient (Wildman–Crippen LogP) is 15.2. The van der Waals surface area contributed by atoms with E-state index in [9.17, 15) is 0 Å². The molecule has 0 N–H and O–H groups in total. The van der Waals surface area contributed by atoms with E-state index in [0.717, 1.165) is 5.69 Å². The Morgan fingerprint density at radius 2 is 0.772 bits per heavy atom. The Kier molecular flexibility index (Phi) is 7.13. The number of rotatable bonds is 5. The zero-order valence-electron chi connectivity index (χ0n) is 30.9. The second-order valence-corrected chi connectivity index (χ2v) is 16.0. The highest BCUT2D eigenvalue weighted by atomic mass is 32.1. The summed E-state index contributed by atoms with van der Waals surface area (Å²) in [6, 6.07) is 75.5. The molecular formula is C54H34N2S. The van der Waals surface area contributed by atoms with Crippen LogP contribution < -0.4 is 0 Å². The molecule has 0 aliphatic rings. The number of hydrogen-bond acceptors (Lipinski definition) is 1. The van der Waals surface area contributed by atoms with Gasteiger partial charge in [0.05, 0.1) is 22.1 Å². The molecule has 0 radical (unpaired) electrons. The highest BCUT2D eigenvalue weighted by Gasteiger charge is 2.18. The molecule has 12 rings (SSSR count). The van der Waals surface area contributed by atoms with Gasteiger partial charge in [-0.25, -0.2) is 0 Å². The Morgan fingerprint density at radius 3 is 1.51 bits per heavy atom. The minimum Gasteiger partial charge on any atom is -0.309 e. The summed E-state index contributed by atoms with van der Waals surface area (Å²) in [5, 5.41) is 7.81. The minimum atomic E-state index is 1.15. The largest absolute Gasteiger partial charge is 0.309 e. The van der Waals surface area contributed by atoms with Crippen LogP contribution in [0.4, 0.5) is 0 Å². The average Bonchev–Trinajstić information content (AvgIpc) is 3.94. The van der Waals surface area contributed by atoms with Gasteiger partial charge in [-0.15, -0.1) is 11.3 Å². The Bertz CT molecular complexity index is 3490. The van der Waals surface area contributed by atoms with Crippen molar-refractivity contribution in [3.05, 3.63) is 206 Å². The number of fused-ring (bicyclic) bond motifs is 10. The Balaban J connectivity index is 0.906. The lowest BCUT2D eigenvalue weighted by atomic mass is 9.98. The molecule has 12 aromatic rings. The Morgan fingerprint density at radius 1 is 0.281 bits per heavy atom. The van der Waals surface area contributed by atoms with Crippen LogP contribution in [0, 0.1) is 0 Å². The van der Waals surface area contributed by atoms with Crippen LogP contribution in [0.2, 0.25) is 0 Å². The van der Waals surface area contributed by atoms with Crippen molar-refractivity contribution in [2.75, 3.05) is 0 Å². The van der Waals surface area contributed by atoms with Crippen LogP contribution >= 0.6 is 11.3 Å². The minimum absolute atomic E-state index is 1.15. The predicted molar refractivity (Wildman–Crippen MR) is 244 cm³/mol. The molecule has 2 nitrogen and oxygen atoms in total. The van der Waals surface area contributed by atoms with Gasteiger partial charge in [0.15, 0.2) is 0 Å². The van der Waals surface area contributed by atoms with Crippen LogP contribution in [0.25, 0.3) is 109 Å². The van der Waals surface area contributed by atoms with E-state index in [4.69, 9.17) is 0 Å². The molecule has 0 fully saturated rings. The van der Waals surface area contributed by atoms with Gasteiger partial charge in [0.2, 0.25) is 0 Å². The lowest BCUT2D eigenvalue weighted by Gasteiger charge is -2.11. The molecule has 57 heavy (non-hydrogen) atoms. The van der Waals surface area contributed by atoms with Crippen molar-refractivity contribution in [3.8, 4) is 44.8 Å². The molecular weight excluding hydrogens is 709 g/mol. The fourth-order valence-corrected chi connectivity index (χ4v) is 10.3. The second-order valence-electron chi connectivity index (χ2n) is 14.9. The third-order valence-electron chi connectivity index (χ3n) is 11.7. The van der Waals surface area contributed by atoms with Gasteiger partial charge in [-0.05, 0) is 100 Å². The number of thiophene rings is 1. The zero-order chi connectivity index (χ0) is 37.5. The summed E-state index contributed by atoms with van der Waals surface area (Å²) in [7, 11) is 0. The third-order valence-corrected chi connectivity index (χ3v) is 12.9. The molecule has 0 amide bonds. The second kappa shape index (κ2) is 12.7. The van der Waals surface area contributed by atoms with E-state index >= 15 is 0 Å². The van der Waals surface area contributed by atoms with E-state index in [-0.39, 0.29) is 0 Å². The van der Waals surface area contributed by atoms with E-state index < -0.39 is 0 Å². The molecule has 0 aliphatic carbocycles. The van der Waals surface area contributed by atoms with Gasteiger partial charge < -0.3 is 9.13 Å².